The van der Waals surface area contributed by atoms with Crippen LogP contribution < -0.4 is 4.72 Å². The molecule has 1 aliphatic rings. The predicted molar refractivity (Wildman–Crippen MR) is 109 cm³/mol. The Hall–Kier alpha value is -2.73. The third kappa shape index (κ3) is 4.07. The zero-order chi connectivity index (χ0) is 19.6. The average Bonchev–Trinajstić information content (AvgIpc) is 3.19. The minimum absolute atomic E-state index is 0.239. The summed E-state index contributed by atoms with van der Waals surface area (Å²) in [7, 11) is -3.77. The highest BCUT2D eigenvalue weighted by molar-refractivity contribution is 7.89. The molecule has 2 atom stereocenters. The van der Waals surface area contributed by atoms with Gasteiger partial charge in [-0.15, -0.1) is 0 Å². The number of hydrogen-bond donors (Lipinski definition) is 1. The van der Waals surface area contributed by atoms with Gasteiger partial charge >= 0.3 is 0 Å². The van der Waals surface area contributed by atoms with Gasteiger partial charge < -0.3 is 0 Å². The lowest BCUT2D eigenvalue weighted by Crippen LogP contribution is -2.35. The van der Waals surface area contributed by atoms with Crippen LogP contribution in [0.3, 0.4) is 0 Å². The summed E-state index contributed by atoms with van der Waals surface area (Å²) in [5, 5.41) is 0.785. The molecule has 28 heavy (non-hydrogen) atoms. The van der Waals surface area contributed by atoms with Crippen LogP contribution in [0, 0.1) is 5.92 Å². The van der Waals surface area contributed by atoms with E-state index in [0.717, 1.165) is 17.3 Å². The molecule has 1 heterocycles. The van der Waals surface area contributed by atoms with Crippen LogP contribution in [-0.4, -0.2) is 19.3 Å². The van der Waals surface area contributed by atoms with Crippen LogP contribution in [0.4, 0.5) is 0 Å². The summed E-state index contributed by atoms with van der Waals surface area (Å²) in [6.45, 7) is 0. The highest BCUT2D eigenvalue weighted by Gasteiger charge is 2.32. The van der Waals surface area contributed by atoms with Gasteiger partial charge in [-0.25, -0.2) is 8.42 Å². The lowest BCUT2D eigenvalue weighted by Gasteiger charge is -2.13. The smallest absolute Gasteiger partial charge is 0.239 e. The van der Waals surface area contributed by atoms with Crippen LogP contribution in [0.25, 0.3) is 10.9 Å². The summed E-state index contributed by atoms with van der Waals surface area (Å²) in [5.41, 5.74) is 2.59. The van der Waals surface area contributed by atoms with E-state index in [1.54, 1.807) is 24.4 Å². The maximum atomic E-state index is 12.6. The molecule has 0 radical (unpaired) electrons. The number of hydrogen-bond acceptors (Lipinski definition) is 4. The molecule has 1 amide bonds. The number of sulfonamides is 1. The maximum absolute atomic E-state index is 12.6. The Morgan fingerprint density at radius 2 is 1.82 bits per heavy atom. The molecule has 144 valence electrons. The van der Waals surface area contributed by atoms with Gasteiger partial charge in [-0.3, -0.25) is 14.5 Å². The van der Waals surface area contributed by atoms with E-state index in [1.807, 2.05) is 30.3 Å². The second kappa shape index (κ2) is 7.72. The van der Waals surface area contributed by atoms with Crippen molar-refractivity contribution in [2.24, 2.45) is 5.92 Å². The van der Waals surface area contributed by atoms with E-state index in [4.69, 9.17) is 0 Å². The second-order valence-corrected chi connectivity index (χ2v) is 9.05. The van der Waals surface area contributed by atoms with Gasteiger partial charge in [0, 0.05) is 17.5 Å². The lowest BCUT2D eigenvalue weighted by molar-refractivity contribution is -0.123. The van der Waals surface area contributed by atoms with Gasteiger partial charge in [-0.05, 0) is 48.4 Å². The number of pyridine rings is 1. The van der Waals surface area contributed by atoms with Crippen molar-refractivity contribution in [3.63, 3.8) is 0 Å². The van der Waals surface area contributed by atoms with Crippen molar-refractivity contribution in [1.82, 2.24) is 9.71 Å². The summed E-state index contributed by atoms with van der Waals surface area (Å²) in [4.78, 5) is 16.8. The van der Waals surface area contributed by atoms with E-state index in [-0.39, 0.29) is 11.7 Å². The van der Waals surface area contributed by atoms with Gasteiger partial charge in [-0.1, -0.05) is 48.5 Å². The minimum Gasteiger partial charge on any atom is -0.274 e. The molecule has 0 saturated heterocycles. The third-order valence-corrected chi connectivity index (χ3v) is 6.62. The van der Waals surface area contributed by atoms with Crippen molar-refractivity contribution < 1.29 is 13.2 Å². The Morgan fingerprint density at radius 1 is 1.00 bits per heavy atom. The minimum atomic E-state index is -3.77. The predicted octanol–water partition coefficient (Wildman–Crippen LogP) is 3.76. The average molecular weight is 394 g/mol. The van der Waals surface area contributed by atoms with Crippen molar-refractivity contribution >= 4 is 26.8 Å². The molecular weight excluding hydrogens is 372 g/mol. The normalized spacial score (nSPS) is 19.6. The fourth-order valence-electron chi connectivity index (χ4n) is 4.02. The van der Waals surface area contributed by atoms with E-state index in [9.17, 15) is 13.2 Å². The number of fused-ring (bicyclic) bond motifs is 1. The molecule has 0 bridgehead atoms. The number of carbonyl (C=O) groups is 1. The van der Waals surface area contributed by atoms with Gasteiger partial charge in [0.05, 0.1) is 11.3 Å². The summed E-state index contributed by atoms with van der Waals surface area (Å²) in [6, 6.07) is 19.1. The molecule has 0 spiro atoms. The molecular formula is C22H22N2O3S. The van der Waals surface area contributed by atoms with Gasteiger partial charge in [0.15, 0.2) is 0 Å². The van der Waals surface area contributed by atoms with Gasteiger partial charge in [0.2, 0.25) is 15.9 Å². The van der Waals surface area contributed by atoms with E-state index in [1.165, 1.54) is 5.56 Å². The van der Waals surface area contributed by atoms with Crippen molar-refractivity contribution in [1.29, 1.82) is 0 Å². The third-order valence-electron chi connectivity index (χ3n) is 5.41. The Bertz CT molecular complexity index is 1090. The zero-order valence-corrected chi connectivity index (χ0v) is 16.2. The number of rotatable bonds is 5. The van der Waals surface area contributed by atoms with Crippen molar-refractivity contribution in [3.05, 3.63) is 78.0 Å². The molecule has 4 rings (SSSR count). The fourth-order valence-corrected chi connectivity index (χ4v) is 5.22. The molecule has 3 aromatic rings. The Morgan fingerprint density at radius 3 is 2.64 bits per heavy atom. The fraction of sp³-hybridized carbons (Fsp3) is 0.273. The molecule has 1 aromatic heterocycles. The van der Waals surface area contributed by atoms with Crippen LogP contribution in [-0.2, 0) is 20.6 Å². The topological polar surface area (TPSA) is 76.1 Å². The molecule has 1 N–H and O–H groups in total. The Balaban J connectivity index is 1.44. The quantitative estimate of drug-likeness (QED) is 0.715. The molecule has 1 saturated carbocycles. The molecule has 1 aliphatic carbocycles. The van der Waals surface area contributed by atoms with Crippen LogP contribution in [0.1, 0.15) is 36.3 Å². The molecule has 5 nitrogen and oxygen atoms in total. The summed E-state index contributed by atoms with van der Waals surface area (Å²) < 4.78 is 27.5. The first-order valence-corrected chi connectivity index (χ1v) is 11.1. The monoisotopic (exact) mass is 394 g/mol. The van der Waals surface area contributed by atoms with E-state index >= 15 is 0 Å². The van der Waals surface area contributed by atoms with Gasteiger partial charge in [0.25, 0.3) is 0 Å². The number of carbonyl (C=O) groups excluding carboxylic acids is 1. The van der Waals surface area contributed by atoms with Crippen molar-refractivity contribution in [2.45, 2.75) is 30.9 Å². The molecule has 1 fully saturated rings. The standard InChI is InChI=1S/C22H22N2O3S/c25-22(18-12-11-17(14-18)16-6-2-1-3-7-16)24-28(26,27)15-19-8-4-10-21-20(19)9-5-13-23-21/h1-10,13,17-18H,11-12,14-15H2,(H,24,25)/t17-,18-/m0/s1. The Labute approximate surface area is 164 Å². The van der Waals surface area contributed by atoms with Gasteiger partial charge in [-0.2, -0.15) is 0 Å². The second-order valence-electron chi connectivity index (χ2n) is 7.33. The number of nitrogens with one attached hydrogen (secondary N) is 1. The molecule has 0 aliphatic heterocycles. The summed E-state index contributed by atoms with van der Waals surface area (Å²) in [5.74, 6) is -0.592. The molecule has 0 unspecified atom stereocenters. The zero-order valence-electron chi connectivity index (χ0n) is 15.4. The SMILES string of the molecule is O=C(NS(=O)(=O)Cc1cccc2ncccc12)[C@H]1CC[C@H](c2ccccc2)C1. The largest absolute Gasteiger partial charge is 0.274 e. The van der Waals surface area contributed by atoms with Crippen LogP contribution >= 0.6 is 0 Å². The number of benzene rings is 2. The first-order valence-electron chi connectivity index (χ1n) is 9.44. The van der Waals surface area contributed by atoms with Crippen LogP contribution in [0.5, 0.6) is 0 Å². The maximum Gasteiger partial charge on any atom is 0.239 e. The molecule has 2 aromatic carbocycles. The van der Waals surface area contributed by atoms with E-state index < -0.39 is 15.9 Å². The summed E-state index contributed by atoms with van der Waals surface area (Å²) in [6.07, 6.45) is 3.96. The highest BCUT2D eigenvalue weighted by atomic mass is 32.2. The van der Waals surface area contributed by atoms with Crippen molar-refractivity contribution in [3.8, 4) is 0 Å². The van der Waals surface area contributed by atoms with Gasteiger partial charge in [0.1, 0.15) is 0 Å². The van der Waals surface area contributed by atoms with Crippen LogP contribution in [0.2, 0.25) is 0 Å². The first kappa shape index (κ1) is 18.6. The van der Waals surface area contributed by atoms with E-state index in [2.05, 4.69) is 21.8 Å². The van der Waals surface area contributed by atoms with E-state index in [0.29, 0.717) is 24.3 Å². The Kier molecular flexibility index (Phi) is 5.13. The number of aromatic nitrogens is 1. The number of nitrogens with zero attached hydrogens (tertiary/aromatic N) is 1. The number of amides is 1. The summed E-state index contributed by atoms with van der Waals surface area (Å²) >= 11 is 0. The van der Waals surface area contributed by atoms with Crippen LogP contribution in [0.15, 0.2) is 66.9 Å². The lowest BCUT2D eigenvalue weighted by atomic mass is 9.96. The highest BCUT2D eigenvalue weighted by Crippen LogP contribution is 2.38. The van der Waals surface area contributed by atoms with Crippen molar-refractivity contribution in [2.75, 3.05) is 0 Å². The first-order chi connectivity index (χ1) is 13.5. The molecule has 6 heteroatoms.